The molecule has 2 rings (SSSR count). The first kappa shape index (κ1) is 18.1. The van der Waals surface area contributed by atoms with E-state index in [-0.39, 0.29) is 18.6 Å². The van der Waals surface area contributed by atoms with Crippen molar-refractivity contribution >= 4 is 23.6 Å². The number of esters is 1. The molecule has 5 heteroatoms. The monoisotopic (exact) mass is 343 g/mol. The first-order valence-corrected chi connectivity index (χ1v) is 8.67. The minimum atomic E-state index is -0.513. The largest absolute Gasteiger partial charge is 0.454 e. The summed E-state index contributed by atoms with van der Waals surface area (Å²) in [5.41, 5.74) is 0.848. The Hall–Kier alpha value is -2.27. The highest BCUT2D eigenvalue weighted by atomic mass is 32.2. The van der Waals surface area contributed by atoms with E-state index in [0.717, 1.165) is 10.5 Å². The van der Waals surface area contributed by atoms with Gasteiger partial charge in [0.1, 0.15) is 5.25 Å². The van der Waals surface area contributed by atoms with Crippen molar-refractivity contribution in [2.24, 2.45) is 0 Å². The predicted molar refractivity (Wildman–Crippen MR) is 95.7 cm³/mol. The highest BCUT2D eigenvalue weighted by Crippen LogP contribution is 2.36. The topological polar surface area (TPSA) is 55.4 Å². The number of carbonyl (C=O) groups excluding carboxylic acids is 2. The maximum Gasteiger partial charge on any atom is 0.324 e. The highest BCUT2D eigenvalue weighted by molar-refractivity contribution is 8.00. The van der Waals surface area contributed by atoms with Crippen LogP contribution in [0.4, 0.5) is 0 Å². The van der Waals surface area contributed by atoms with Gasteiger partial charge in [-0.2, -0.15) is 0 Å². The highest BCUT2D eigenvalue weighted by Gasteiger charge is 2.24. The SMILES string of the molecule is CC(C)NC(=O)COC(=O)[C@@H](Sc1ccccc1)c1ccccc1. The van der Waals surface area contributed by atoms with Gasteiger partial charge in [-0.25, -0.2) is 0 Å². The molecule has 0 bridgehead atoms. The summed E-state index contributed by atoms with van der Waals surface area (Å²) in [6.07, 6.45) is 0. The lowest BCUT2D eigenvalue weighted by Gasteiger charge is -2.16. The van der Waals surface area contributed by atoms with Crippen molar-refractivity contribution in [2.45, 2.75) is 30.0 Å². The molecule has 2 aromatic rings. The second kappa shape index (κ2) is 9.13. The van der Waals surface area contributed by atoms with E-state index < -0.39 is 11.2 Å². The number of hydrogen-bond donors (Lipinski definition) is 1. The number of nitrogens with one attached hydrogen (secondary N) is 1. The van der Waals surface area contributed by atoms with E-state index in [1.165, 1.54) is 11.8 Å². The van der Waals surface area contributed by atoms with Crippen LogP contribution < -0.4 is 5.32 Å². The van der Waals surface area contributed by atoms with Crippen LogP contribution in [-0.2, 0) is 14.3 Å². The molecule has 0 unspecified atom stereocenters. The fourth-order valence-corrected chi connectivity index (χ4v) is 3.14. The molecule has 0 aromatic heterocycles. The third-order valence-corrected chi connectivity index (χ3v) is 4.35. The zero-order chi connectivity index (χ0) is 17.4. The van der Waals surface area contributed by atoms with Gasteiger partial charge in [-0.05, 0) is 31.5 Å². The Kier molecular flexibility index (Phi) is 6.88. The van der Waals surface area contributed by atoms with Crippen molar-refractivity contribution in [3.8, 4) is 0 Å². The molecule has 0 spiro atoms. The van der Waals surface area contributed by atoms with Crippen LogP contribution in [0, 0.1) is 0 Å². The van der Waals surface area contributed by atoms with E-state index in [2.05, 4.69) is 5.32 Å². The third-order valence-electron chi connectivity index (χ3n) is 3.11. The van der Waals surface area contributed by atoms with Gasteiger partial charge in [0.25, 0.3) is 5.91 Å². The molecule has 1 amide bonds. The average molecular weight is 343 g/mol. The zero-order valence-corrected chi connectivity index (χ0v) is 14.6. The molecule has 0 fully saturated rings. The van der Waals surface area contributed by atoms with Crippen LogP contribution in [-0.4, -0.2) is 24.5 Å². The molecular formula is C19H21NO3S. The second-order valence-corrected chi connectivity index (χ2v) is 6.73. The maximum atomic E-state index is 12.5. The van der Waals surface area contributed by atoms with Crippen LogP contribution in [0.1, 0.15) is 24.7 Å². The third kappa shape index (κ3) is 5.74. The zero-order valence-electron chi connectivity index (χ0n) is 13.8. The fourth-order valence-electron chi connectivity index (χ4n) is 2.09. The van der Waals surface area contributed by atoms with E-state index in [1.54, 1.807) is 0 Å². The van der Waals surface area contributed by atoms with Gasteiger partial charge in [-0.3, -0.25) is 9.59 Å². The number of thioether (sulfide) groups is 1. The summed E-state index contributed by atoms with van der Waals surface area (Å²) in [6, 6.07) is 19.1. The van der Waals surface area contributed by atoms with Gasteiger partial charge in [0, 0.05) is 10.9 Å². The van der Waals surface area contributed by atoms with Gasteiger partial charge < -0.3 is 10.1 Å². The summed E-state index contributed by atoms with van der Waals surface area (Å²) in [5.74, 6) is -0.719. The Morgan fingerprint density at radius 2 is 1.58 bits per heavy atom. The number of hydrogen-bond acceptors (Lipinski definition) is 4. The van der Waals surface area contributed by atoms with Crippen molar-refractivity contribution in [3.05, 3.63) is 66.2 Å². The smallest absolute Gasteiger partial charge is 0.324 e. The molecule has 4 nitrogen and oxygen atoms in total. The molecule has 1 atom stereocenters. The lowest BCUT2D eigenvalue weighted by molar-refractivity contribution is -0.148. The average Bonchev–Trinajstić information content (AvgIpc) is 2.58. The first-order chi connectivity index (χ1) is 11.6. The van der Waals surface area contributed by atoms with Crippen molar-refractivity contribution in [3.63, 3.8) is 0 Å². The molecule has 24 heavy (non-hydrogen) atoms. The van der Waals surface area contributed by atoms with E-state index in [0.29, 0.717) is 0 Å². The molecule has 1 N–H and O–H groups in total. The Bertz CT molecular complexity index is 659. The van der Waals surface area contributed by atoms with Crippen molar-refractivity contribution in [2.75, 3.05) is 6.61 Å². The fraction of sp³-hybridized carbons (Fsp3) is 0.263. The van der Waals surface area contributed by atoms with Gasteiger partial charge in [0.15, 0.2) is 6.61 Å². The molecule has 0 saturated heterocycles. The molecule has 0 aliphatic rings. The summed E-state index contributed by atoms with van der Waals surface area (Å²) in [6.45, 7) is 3.45. The number of benzene rings is 2. The van der Waals surface area contributed by atoms with Gasteiger partial charge in [0.05, 0.1) is 0 Å². The quantitative estimate of drug-likeness (QED) is 0.617. The number of amides is 1. The normalized spacial score (nSPS) is 11.8. The lowest BCUT2D eigenvalue weighted by atomic mass is 10.1. The summed E-state index contributed by atoms with van der Waals surface area (Å²) >= 11 is 1.41. The molecule has 2 aromatic carbocycles. The molecule has 0 saturated carbocycles. The standard InChI is InChI=1S/C19H21NO3S/c1-14(2)20-17(21)13-23-19(22)18(15-9-5-3-6-10-15)24-16-11-7-4-8-12-16/h3-12,14,18H,13H2,1-2H3,(H,20,21)/t18-/m0/s1. The molecule has 0 radical (unpaired) electrons. The van der Waals surface area contributed by atoms with E-state index in [4.69, 9.17) is 4.74 Å². The maximum absolute atomic E-state index is 12.5. The van der Waals surface area contributed by atoms with Crippen LogP contribution in [0.15, 0.2) is 65.6 Å². The molecule has 0 heterocycles. The molecule has 0 aliphatic carbocycles. The predicted octanol–water partition coefficient (Wildman–Crippen LogP) is 3.59. The van der Waals surface area contributed by atoms with Gasteiger partial charge >= 0.3 is 5.97 Å². The van der Waals surface area contributed by atoms with Crippen LogP contribution in [0.2, 0.25) is 0 Å². The summed E-state index contributed by atoms with van der Waals surface area (Å²) in [4.78, 5) is 25.2. The van der Waals surface area contributed by atoms with E-state index in [9.17, 15) is 9.59 Å². The van der Waals surface area contributed by atoms with Crippen LogP contribution in [0.3, 0.4) is 0 Å². The van der Waals surface area contributed by atoms with Crippen molar-refractivity contribution in [1.29, 1.82) is 0 Å². The Morgan fingerprint density at radius 1 is 1.00 bits per heavy atom. The van der Waals surface area contributed by atoms with Gasteiger partial charge in [-0.15, -0.1) is 11.8 Å². The Balaban J connectivity index is 2.08. The van der Waals surface area contributed by atoms with Crippen LogP contribution >= 0.6 is 11.8 Å². The number of carbonyl (C=O) groups is 2. The molecular weight excluding hydrogens is 322 g/mol. The Labute approximate surface area is 146 Å². The van der Waals surface area contributed by atoms with Gasteiger partial charge in [-0.1, -0.05) is 48.5 Å². The van der Waals surface area contributed by atoms with Crippen molar-refractivity contribution in [1.82, 2.24) is 5.32 Å². The number of ether oxygens (including phenoxy) is 1. The lowest BCUT2D eigenvalue weighted by Crippen LogP contribution is -2.34. The molecule has 126 valence electrons. The summed E-state index contributed by atoms with van der Waals surface area (Å²) in [5, 5.41) is 2.19. The minimum Gasteiger partial charge on any atom is -0.454 e. The van der Waals surface area contributed by atoms with Crippen molar-refractivity contribution < 1.29 is 14.3 Å². The number of rotatable bonds is 7. The Morgan fingerprint density at radius 3 is 2.17 bits per heavy atom. The summed E-state index contributed by atoms with van der Waals surface area (Å²) in [7, 11) is 0. The van der Waals surface area contributed by atoms with E-state index >= 15 is 0 Å². The van der Waals surface area contributed by atoms with Crippen LogP contribution in [0.25, 0.3) is 0 Å². The van der Waals surface area contributed by atoms with Gasteiger partial charge in [0.2, 0.25) is 0 Å². The second-order valence-electron chi connectivity index (χ2n) is 5.55. The first-order valence-electron chi connectivity index (χ1n) is 7.79. The van der Waals surface area contributed by atoms with E-state index in [1.807, 2.05) is 74.5 Å². The minimum absolute atomic E-state index is 0.0137. The molecule has 0 aliphatic heterocycles. The van der Waals surface area contributed by atoms with Crippen LogP contribution in [0.5, 0.6) is 0 Å². The summed E-state index contributed by atoms with van der Waals surface area (Å²) < 4.78 is 5.22.